The lowest BCUT2D eigenvalue weighted by atomic mass is 10.1. The standard InChI is InChI=1S/C19H12Cl2N6/c20-15-9-13(5-7-22)10-16(21)18(15)26-17-6-8-24-19(27-17)25-14-3-1-12(11-23)2-4-14/h1-4,6,8-10H,5H2,(H2,24,25,26,27). The molecule has 2 N–H and O–H groups in total. The highest BCUT2D eigenvalue weighted by molar-refractivity contribution is 6.39. The summed E-state index contributed by atoms with van der Waals surface area (Å²) in [6.07, 6.45) is 1.82. The number of hydrogen-bond acceptors (Lipinski definition) is 6. The molecule has 3 rings (SSSR count). The fourth-order valence-corrected chi connectivity index (χ4v) is 2.94. The summed E-state index contributed by atoms with van der Waals surface area (Å²) in [5, 5.41) is 24.6. The zero-order valence-corrected chi connectivity index (χ0v) is 15.4. The lowest BCUT2D eigenvalue weighted by Crippen LogP contribution is -2.01. The van der Waals surface area contributed by atoms with Gasteiger partial charge in [0.05, 0.1) is 39.9 Å². The van der Waals surface area contributed by atoms with E-state index in [9.17, 15) is 0 Å². The Morgan fingerprint density at radius 1 is 0.963 bits per heavy atom. The van der Waals surface area contributed by atoms with Crippen molar-refractivity contribution in [2.75, 3.05) is 10.6 Å². The van der Waals surface area contributed by atoms with Gasteiger partial charge in [0.1, 0.15) is 5.82 Å². The molecule has 0 saturated carbocycles. The van der Waals surface area contributed by atoms with Crippen LogP contribution in [0.25, 0.3) is 0 Å². The number of benzene rings is 2. The first-order chi connectivity index (χ1) is 13.1. The molecule has 1 aromatic heterocycles. The summed E-state index contributed by atoms with van der Waals surface area (Å²) in [6.45, 7) is 0. The number of nitrogens with zero attached hydrogens (tertiary/aromatic N) is 4. The lowest BCUT2D eigenvalue weighted by molar-refractivity contribution is 1.16. The summed E-state index contributed by atoms with van der Waals surface area (Å²) in [5.74, 6) is 0.871. The van der Waals surface area contributed by atoms with Gasteiger partial charge in [-0.25, -0.2) is 4.98 Å². The first-order valence-electron chi connectivity index (χ1n) is 7.81. The highest BCUT2D eigenvalue weighted by Crippen LogP contribution is 2.34. The van der Waals surface area contributed by atoms with Gasteiger partial charge in [0.2, 0.25) is 5.95 Å². The van der Waals surface area contributed by atoms with Crippen LogP contribution in [0.1, 0.15) is 11.1 Å². The Morgan fingerprint density at radius 2 is 1.67 bits per heavy atom. The van der Waals surface area contributed by atoms with Gasteiger partial charge in [-0.15, -0.1) is 0 Å². The van der Waals surface area contributed by atoms with Crippen molar-refractivity contribution in [1.29, 1.82) is 10.5 Å². The zero-order valence-electron chi connectivity index (χ0n) is 13.9. The normalized spacial score (nSPS) is 9.93. The molecule has 0 bridgehead atoms. The molecule has 0 spiro atoms. The number of hydrogen-bond donors (Lipinski definition) is 2. The second-order valence-corrected chi connectivity index (χ2v) is 6.29. The maximum absolute atomic E-state index is 8.85. The van der Waals surface area contributed by atoms with Crippen molar-refractivity contribution in [2.24, 2.45) is 0 Å². The van der Waals surface area contributed by atoms with Crippen LogP contribution in [0.15, 0.2) is 48.7 Å². The third-order valence-corrected chi connectivity index (χ3v) is 4.16. The topological polar surface area (TPSA) is 97.4 Å². The molecule has 27 heavy (non-hydrogen) atoms. The van der Waals surface area contributed by atoms with Crippen LogP contribution in [-0.4, -0.2) is 9.97 Å². The van der Waals surface area contributed by atoms with Crippen LogP contribution >= 0.6 is 23.2 Å². The van der Waals surface area contributed by atoms with Gasteiger partial charge in [-0.2, -0.15) is 15.5 Å². The molecule has 0 unspecified atom stereocenters. The van der Waals surface area contributed by atoms with E-state index < -0.39 is 0 Å². The quantitative estimate of drug-likeness (QED) is 0.616. The van der Waals surface area contributed by atoms with E-state index >= 15 is 0 Å². The number of anilines is 4. The first-order valence-corrected chi connectivity index (χ1v) is 8.57. The highest BCUT2D eigenvalue weighted by Gasteiger charge is 2.10. The molecular weight excluding hydrogens is 383 g/mol. The molecule has 0 aliphatic carbocycles. The van der Waals surface area contributed by atoms with E-state index in [0.717, 1.165) is 11.3 Å². The minimum atomic E-state index is 0.228. The molecule has 132 valence electrons. The summed E-state index contributed by atoms with van der Waals surface area (Å²) >= 11 is 12.6. The molecule has 0 aliphatic heterocycles. The van der Waals surface area contributed by atoms with Crippen molar-refractivity contribution >= 4 is 46.3 Å². The Balaban J connectivity index is 1.80. The SMILES string of the molecule is N#CCc1cc(Cl)c(Nc2ccnc(Nc3ccc(C#N)cc3)n2)c(Cl)c1. The summed E-state index contributed by atoms with van der Waals surface area (Å²) in [7, 11) is 0. The summed E-state index contributed by atoms with van der Waals surface area (Å²) in [5.41, 5.74) is 2.57. The Labute approximate surface area is 166 Å². The average molecular weight is 395 g/mol. The average Bonchev–Trinajstić information content (AvgIpc) is 2.66. The van der Waals surface area contributed by atoms with Crippen molar-refractivity contribution < 1.29 is 0 Å². The van der Waals surface area contributed by atoms with Crippen molar-refractivity contribution in [2.45, 2.75) is 6.42 Å². The van der Waals surface area contributed by atoms with Crippen LogP contribution in [0.3, 0.4) is 0 Å². The molecule has 1 heterocycles. The maximum Gasteiger partial charge on any atom is 0.229 e. The van der Waals surface area contributed by atoms with E-state index in [2.05, 4.69) is 32.7 Å². The second-order valence-electron chi connectivity index (χ2n) is 5.47. The van der Waals surface area contributed by atoms with E-state index in [0.29, 0.717) is 33.1 Å². The number of aromatic nitrogens is 2. The van der Waals surface area contributed by atoms with Crippen LogP contribution in [-0.2, 0) is 6.42 Å². The van der Waals surface area contributed by atoms with E-state index in [1.165, 1.54) is 0 Å². The fourth-order valence-electron chi connectivity index (χ4n) is 2.31. The zero-order chi connectivity index (χ0) is 19.2. The van der Waals surface area contributed by atoms with E-state index in [4.69, 9.17) is 33.7 Å². The lowest BCUT2D eigenvalue weighted by Gasteiger charge is -2.12. The van der Waals surface area contributed by atoms with Gasteiger partial charge in [0, 0.05) is 11.9 Å². The molecule has 0 amide bonds. The van der Waals surface area contributed by atoms with Crippen LogP contribution in [0.2, 0.25) is 10.0 Å². The van der Waals surface area contributed by atoms with Gasteiger partial charge >= 0.3 is 0 Å². The fraction of sp³-hybridized carbons (Fsp3) is 0.0526. The summed E-state index contributed by atoms with van der Waals surface area (Å²) in [4.78, 5) is 8.55. The molecule has 0 radical (unpaired) electrons. The van der Waals surface area contributed by atoms with E-state index in [-0.39, 0.29) is 6.42 Å². The van der Waals surface area contributed by atoms with Crippen LogP contribution in [0.4, 0.5) is 23.1 Å². The van der Waals surface area contributed by atoms with Gasteiger partial charge < -0.3 is 10.6 Å². The van der Waals surface area contributed by atoms with Crippen LogP contribution in [0.5, 0.6) is 0 Å². The van der Waals surface area contributed by atoms with Gasteiger partial charge in [0.25, 0.3) is 0 Å². The van der Waals surface area contributed by atoms with Crippen molar-refractivity contribution in [3.63, 3.8) is 0 Å². The number of rotatable bonds is 5. The Morgan fingerprint density at radius 3 is 2.30 bits per heavy atom. The predicted molar refractivity (Wildman–Crippen MR) is 106 cm³/mol. The van der Waals surface area contributed by atoms with E-state index in [1.54, 1.807) is 48.7 Å². The molecule has 0 fully saturated rings. The molecule has 8 heteroatoms. The summed E-state index contributed by atoms with van der Waals surface area (Å²) < 4.78 is 0. The smallest absolute Gasteiger partial charge is 0.229 e. The van der Waals surface area contributed by atoms with E-state index in [1.807, 2.05) is 0 Å². The number of nitrogens with one attached hydrogen (secondary N) is 2. The molecule has 0 saturated heterocycles. The molecule has 6 nitrogen and oxygen atoms in total. The third-order valence-electron chi connectivity index (χ3n) is 3.56. The predicted octanol–water partition coefficient (Wildman–Crippen LogP) is 5.21. The summed E-state index contributed by atoms with van der Waals surface area (Å²) in [6, 6.07) is 16.1. The maximum atomic E-state index is 8.85. The molecular formula is C19H12Cl2N6. The molecule has 3 aromatic rings. The largest absolute Gasteiger partial charge is 0.338 e. The Kier molecular flexibility index (Phi) is 5.73. The van der Waals surface area contributed by atoms with Crippen molar-refractivity contribution in [3.05, 3.63) is 69.8 Å². The van der Waals surface area contributed by atoms with Gasteiger partial charge in [-0.05, 0) is 48.0 Å². The van der Waals surface area contributed by atoms with Crippen molar-refractivity contribution in [1.82, 2.24) is 9.97 Å². The minimum Gasteiger partial charge on any atom is -0.338 e. The van der Waals surface area contributed by atoms with Gasteiger partial charge in [0.15, 0.2) is 0 Å². The van der Waals surface area contributed by atoms with Crippen molar-refractivity contribution in [3.8, 4) is 12.1 Å². The first kappa shape index (κ1) is 18.5. The monoisotopic (exact) mass is 394 g/mol. The van der Waals surface area contributed by atoms with Crippen LogP contribution < -0.4 is 10.6 Å². The Hall–Kier alpha value is -3.32. The second kappa shape index (κ2) is 8.37. The third kappa shape index (κ3) is 4.65. The molecule has 0 aliphatic rings. The Bertz CT molecular complexity index is 1030. The molecule has 0 atom stereocenters. The number of halogens is 2. The number of nitriles is 2. The molecule has 2 aromatic carbocycles. The highest BCUT2D eigenvalue weighted by atomic mass is 35.5. The van der Waals surface area contributed by atoms with Gasteiger partial charge in [-0.3, -0.25) is 0 Å². The minimum absolute atomic E-state index is 0.228. The van der Waals surface area contributed by atoms with Crippen LogP contribution in [0, 0.1) is 22.7 Å². The van der Waals surface area contributed by atoms with Gasteiger partial charge in [-0.1, -0.05) is 23.2 Å².